The van der Waals surface area contributed by atoms with Gasteiger partial charge in [-0.15, -0.1) is 0 Å². The topological polar surface area (TPSA) is 64.4 Å². The zero-order valence-corrected chi connectivity index (χ0v) is 14.3. The van der Waals surface area contributed by atoms with Crippen LogP contribution in [-0.4, -0.2) is 11.1 Å². The first-order valence-electron chi connectivity index (χ1n) is 8.17. The van der Waals surface area contributed by atoms with Gasteiger partial charge in [-0.2, -0.15) is 0 Å². The molecule has 0 radical (unpaired) electrons. The average molecular weight is 336 g/mol. The smallest absolute Gasteiger partial charge is 0.224 e. The molecule has 0 aliphatic carbocycles. The molecule has 5 nitrogen and oxygen atoms in total. The van der Waals surface area contributed by atoms with Crippen molar-refractivity contribution in [2.24, 2.45) is 0 Å². The zero-order chi connectivity index (χ0) is 17.6. The number of hydrogen-bond donors (Lipinski definition) is 1. The summed E-state index contributed by atoms with van der Waals surface area (Å²) in [4.78, 5) is 12.3. The lowest BCUT2D eigenvalue weighted by Crippen LogP contribution is -2.13. The normalized spacial score (nSPS) is 10.5. The minimum absolute atomic E-state index is 0.0795. The Labute approximate surface area is 146 Å². The van der Waals surface area contributed by atoms with Crippen molar-refractivity contribution in [1.82, 2.24) is 5.16 Å². The van der Waals surface area contributed by atoms with Gasteiger partial charge in [0.25, 0.3) is 0 Å². The molecule has 1 aromatic heterocycles. The maximum absolute atomic E-state index is 12.3. The molecule has 1 amide bonds. The van der Waals surface area contributed by atoms with Gasteiger partial charge in [-0.3, -0.25) is 4.79 Å². The fourth-order valence-corrected chi connectivity index (χ4v) is 2.58. The number of carbonyl (C=O) groups excluding carboxylic acids is 1. The van der Waals surface area contributed by atoms with E-state index in [1.54, 1.807) is 0 Å². The summed E-state index contributed by atoms with van der Waals surface area (Å²) in [6, 6.07) is 16.9. The Morgan fingerprint density at radius 3 is 2.52 bits per heavy atom. The number of anilines is 1. The van der Waals surface area contributed by atoms with E-state index >= 15 is 0 Å². The van der Waals surface area contributed by atoms with Crippen molar-refractivity contribution in [1.29, 1.82) is 0 Å². The van der Waals surface area contributed by atoms with Crippen LogP contribution < -0.4 is 10.1 Å². The van der Waals surface area contributed by atoms with Gasteiger partial charge < -0.3 is 14.6 Å². The van der Waals surface area contributed by atoms with Crippen LogP contribution in [-0.2, 0) is 11.2 Å². The van der Waals surface area contributed by atoms with Crippen LogP contribution in [0, 0.1) is 13.8 Å². The Morgan fingerprint density at radius 2 is 1.80 bits per heavy atom. The molecule has 1 N–H and O–H groups in total. The highest BCUT2D eigenvalue weighted by molar-refractivity contribution is 5.92. The molecule has 0 atom stereocenters. The fraction of sp³-hybridized carbons (Fsp3) is 0.200. The van der Waals surface area contributed by atoms with Crippen molar-refractivity contribution < 1.29 is 14.1 Å². The highest BCUT2D eigenvalue weighted by Crippen LogP contribution is 2.29. The number of para-hydroxylation sites is 3. The van der Waals surface area contributed by atoms with E-state index in [1.807, 2.05) is 68.4 Å². The lowest BCUT2D eigenvalue weighted by molar-refractivity contribution is -0.116. The van der Waals surface area contributed by atoms with E-state index in [4.69, 9.17) is 9.26 Å². The number of aromatic nitrogens is 1. The van der Waals surface area contributed by atoms with Gasteiger partial charge in [0.05, 0.1) is 11.4 Å². The van der Waals surface area contributed by atoms with E-state index in [1.165, 1.54) is 0 Å². The predicted molar refractivity (Wildman–Crippen MR) is 95.9 cm³/mol. The molecule has 0 aliphatic heterocycles. The number of amides is 1. The summed E-state index contributed by atoms with van der Waals surface area (Å²) < 4.78 is 11.0. The van der Waals surface area contributed by atoms with E-state index in [0.29, 0.717) is 24.3 Å². The molecule has 0 unspecified atom stereocenters. The molecule has 0 saturated carbocycles. The molecule has 2 aromatic carbocycles. The van der Waals surface area contributed by atoms with Gasteiger partial charge in [-0.05, 0) is 44.5 Å². The summed E-state index contributed by atoms with van der Waals surface area (Å²) in [5, 5.41) is 6.83. The molecule has 3 rings (SSSR count). The molecule has 0 saturated heterocycles. The van der Waals surface area contributed by atoms with Crippen molar-refractivity contribution >= 4 is 11.6 Å². The highest BCUT2D eigenvalue weighted by atomic mass is 16.5. The second-order valence-corrected chi connectivity index (χ2v) is 5.76. The van der Waals surface area contributed by atoms with Gasteiger partial charge in [-0.25, -0.2) is 0 Å². The Morgan fingerprint density at radius 1 is 1.08 bits per heavy atom. The highest BCUT2D eigenvalue weighted by Gasteiger charge is 2.13. The number of nitrogens with zero attached hydrogens (tertiary/aromatic N) is 1. The third-order valence-electron chi connectivity index (χ3n) is 3.92. The fourth-order valence-electron chi connectivity index (χ4n) is 2.58. The minimum Gasteiger partial charge on any atom is -0.455 e. The largest absolute Gasteiger partial charge is 0.455 e. The summed E-state index contributed by atoms with van der Waals surface area (Å²) in [6.07, 6.45) is 0.942. The third kappa shape index (κ3) is 4.26. The summed E-state index contributed by atoms with van der Waals surface area (Å²) >= 11 is 0. The van der Waals surface area contributed by atoms with Crippen LogP contribution in [0.1, 0.15) is 23.4 Å². The maximum atomic E-state index is 12.3. The quantitative estimate of drug-likeness (QED) is 0.711. The summed E-state index contributed by atoms with van der Waals surface area (Å²) in [5.41, 5.74) is 2.47. The van der Waals surface area contributed by atoms with Gasteiger partial charge in [0.15, 0.2) is 5.75 Å². The number of ether oxygens (including phenoxy) is 1. The standard InChI is InChI=1S/C20H20N2O3/c1-14-17(15(2)25-22-14)12-13-20(23)21-18-10-6-7-11-19(18)24-16-8-4-3-5-9-16/h3-11H,12-13H2,1-2H3,(H,21,23). The first-order valence-corrected chi connectivity index (χ1v) is 8.17. The minimum atomic E-state index is -0.0795. The predicted octanol–water partition coefficient (Wildman–Crippen LogP) is 4.66. The number of aryl methyl sites for hydroxylation is 2. The summed E-state index contributed by atoms with van der Waals surface area (Å²) in [5.74, 6) is 2.02. The lowest BCUT2D eigenvalue weighted by Gasteiger charge is -2.12. The van der Waals surface area contributed by atoms with Crippen molar-refractivity contribution in [3.8, 4) is 11.5 Å². The van der Waals surface area contributed by atoms with E-state index in [9.17, 15) is 4.79 Å². The number of nitrogens with one attached hydrogen (secondary N) is 1. The Balaban J connectivity index is 1.65. The van der Waals surface area contributed by atoms with Crippen molar-refractivity contribution in [2.75, 3.05) is 5.32 Å². The molecule has 3 aromatic rings. The molecule has 0 fully saturated rings. The number of benzene rings is 2. The van der Waals surface area contributed by atoms with Crippen molar-refractivity contribution in [2.45, 2.75) is 26.7 Å². The molecular formula is C20H20N2O3. The Kier molecular flexibility index (Phi) is 5.14. The monoisotopic (exact) mass is 336 g/mol. The molecule has 0 bridgehead atoms. The van der Waals surface area contributed by atoms with Crippen molar-refractivity contribution in [3.63, 3.8) is 0 Å². The van der Waals surface area contributed by atoms with E-state index in [0.717, 1.165) is 22.8 Å². The van der Waals surface area contributed by atoms with Gasteiger partial charge in [-0.1, -0.05) is 35.5 Å². The van der Waals surface area contributed by atoms with Crippen LogP contribution in [0.25, 0.3) is 0 Å². The second kappa shape index (κ2) is 7.66. The Hall–Kier alpha value is -3.08. The molecule has 25 heavy (non-hydrogen) atoms. The van der Waals surface area contributed by atoms with Gasteiger partial charge >= 0.3 is 0 Å². The molecule has 5 heteroatoms. The van der Waals surface area contributed by atoms with Crippen LogP contribution in [0.4, 0.5) is 5.69 Å². The van der Waals surface area contributed by atoms with Crippen molar-refractivity contribution in [3.05, 3.63) is 71.6 Å². The van der Waals surface area contributed by atoms with Gasteiger partial charge in [0.2, 0.25) is 5.91 Å². The Bertz CT molecular complexity index is 837. The molecule has 1 heterocycles. The number of hydrogen-bond acceptors (Lipinski definition) is 4. The maximum Gasteiger partial charge on any atom is 0.224 e. The first kappa shape index (κ1) is 16.8. The van der Waals surface area contributed by atoms with Crippen LogP contribution in [0.5, 0.6) is 11.5 Å². The zero-order valence-electron chi connectivity index (χ0n) is 14.3. The SMILES string of the molecule is Cc1noc(C)c1CCC(=O)Nc1ccccc1Oc1ccccc1. The summed E-state index contributed by atoms with van der Waals surface area (Å²) in [7, 11) is 0. The number of rotatable bonds is 6. The lowest BCUT2D eigenvalue weighted by atomic mass is 10.1. The third-order valence-corrected chi connectivity index (χ3v) is 3.92. The number of carbonyl (C=O) groups is 1. The van der Waals surface area contributed by atoms with Crippen LogP contribution >= 0.6 is 0 Å². The van der Waals surface area contributed by atoms with E-state index in [-0.39, 0.29) is 5.91 Å². The van der Waals surface area contributed by atoms with Gasteiger partial charge in [0.1, 0.15) is 11.5 Å². The van der Waals surface area contributed by atoms with Crippen LogP contribution in [0.2, 0.25) is 0 Å². The molecule has 0 spiro atoms. The first-order chi connectivity index (χ1) is 12.1. The van der Waals surface area contributed by atoms with Crippen LogP contribution in [0.15, 0.2) is 59.1 Å². The summed E-state index contributed by atoms with van der Waals surface area (Å²) in [6.45, 7) is 3.74. The molecular weight excluding hydrogens is 316 g/mol. The average Bonchev–Trinajstić information content (AvgIpc) is 2.94. The van der Waals surface area contributed by atoms with Crippen LogP contribution in [0.3, 0.4) is 0 Å². The van der Waals surface area contributed by atoms with E-state index in [2.05, 4.69) is 10.5 Å². The molecule has 0 aliphatic rings. The molecule has 128 valence electrons. The van der Waals surface area contributed by atoms with Gasteiger partial charge in [0, 0.05) is 12.0 Å². The second-order valence-electron chi connectivity index (χ2n) is 5.76. The van der Waals surface area contributed by atoms with E-state index < -0.39 is 0 Å².